The van der Waals surface area contributed by atoms with Crippen LogP contribution in [0.2, 0.25) is 5.02 Å². The maximum absolute atomic E-state index is 13.4. The number of halogens is 1. The number of aryl methyl sites for hydroxylation is 1. The fraction of sp³-hybridized carbons (Fsp3) is 0.185. The van der Waals surface area contributed by atoms with Crippen LogP contribution in [0, 0.1) is 0 Å². The number of H-pyrrole nitrogens is 1. The van der Waals surface area contributed by atoms with E-state index in [2.05, 4.69) is 4.98 Å². The number of carbonyl (C=O) groups excluding carboxylic acids is 2. The summed E-state index contributed by atoms with van der Waals surface area (Å²) in [6.45, 7) is 0.435. The summed E-state index contributed by atoms with van der Waals surface area (Å²) in [7, 11) is 0. The average Bonchev–Trinajstić information content (AvgIpc) is 3.32. The van der Waals surface area contributed by atoms with Crippen LogP contribution in [-0.2, 0) is 16.8 Å². The van der Waals surface area contributed by atoms with Crippen molar-refractivity contribution in [3.05, 3.63) is 101 Å². The Morgan fingerprint density at radius 2 is 1.79 bits per heavy atom. The van der Waals surface area contributed by atoms with Gasteiger partial charge in [-0.2, -0.15) is 0 Å². The quantitative estimate of drug-likeness (QED) is 0.371. The van der Waals surface area contributed by atoms with Crippen LogP contribution in [0.4, 0.5) is 5.69 Å². The smallest absolute Gasteiger partial charge is 0.264 e. The molecule has 1 aromatic heterocycles. The van der Waals surface area contributed by atoms with Crippen molar-refractivity contribution in [2.75, 3.05) is 11.4 Å². The number of Topliss-reactive ketones (excluding diaryl/α,β-unsaturated/α-hetero) is 1. The van der Waals surface area contributed by atoms with Crippen LogP contribution in [0.5, 0.6) is 0 Å². The lowest BCUT2D eigenvalue weighted by Gasteiger charge is -2.23. The number of aromatic nitrogens is 1. The largest absolute Gasteiger partial charge is 0.375 e. The summed E-state index contributed by atoms with van der Waals surface area (Å²) in [6.07, 6.45) is 3.12. The Morgan fingerprint density at radius 3 is 2.61 bits per heavy atom. The summed E-state index contributed by atoms with van der Waals surface area (Å²) < 4.78 is 0. The van der Waals surface area contributed by atoms with Gasteiger partial charge in [-0.15, -0.1) is 0 Å². The van der Waals surface area contributed by atoms with Crippen LogP contribution >= 0.6 is 11.6 Å². The first-order valence-electron chi connectivity index (χ1n) is 10.9. The first-order valence-corrected chi connectivity index (χ1v) is 11.3. The fourth-order valence-corrected chi connectivity index (χ4v) is 4.82. The Kier molecular flexibility index (Phi) is 5.52. The highest BCUT2D eigenvalue weighted by Crippen LogP contribution is 2.43. The molecule has 0 saturated heterocycles. The lowest BCUT2D eigenvalue weighted by atomic mass is 9.88. The number of nitrogens with zero attached hydrogens (tertiary/aromatic N) is 1. The van der Waals surface area contributed by atoms with Gasteiger partial charge in [-0.05, 0) is 42.7 Å². The molecule has 1 aliphatic heterocycles. The molecule has 0 aliphatic carbocycles. The van der Waals surface area contributed by atoms with E-state index in [4.69, 9.17) is 11.6 Å². The molecule has 1 atom stereocenters. The molecule has 5 rings (SSSR count). The number of benzene rings is 3. The molecule has 0 saturated carbocycles. The van der Waals surface area contributed by atoms with Crippen molar-refractivity contribution >= 4 is 39.9 Å². The second-order valence-corrected chi connectivity index (χ2v) is 8.84. The van der Waals surface area contributed by atoms with Crippen molar-refractivity contribution in [3.63, 3.8) is 0 Å². The van der Waals surface area contributed by atoms with Crippen molar-refractivity contribution in [2.45, 2.75) is 24.9 Å². The third kappa shape index (κ3) is 3.84. The van der Waals surface area contributed by atoms with E-state index in [0.717, 1.165) is 22.9 Å². The molecule has 3 aromatic carbocycles. The third-order valence-electron chi connectivity index (χ3n) is 6.31. The number of carbonyl (C=O) groups is 2. The van der Waals surface area contributed by atoms with Crippen molar-refractivity contribution < 1.29 is 14.7 Å². The number of hydrogen-bond donors (Lipinski definition) is 2. The minimum Gasteiger partial charge on any atom is -0.375 e. The van der Waals surface area contributed by atoms with Crippen LogP contribution in [0.3, 0.4) is 0 Å². The molecular weight excluding hydrogens is 436 g/mol. The molecule has 5 nitrogen and oxygen atoms in total. The van der Waals surface area contributed by atoms with Gasteiger partial charge in [0.2, 0.25) is 0 Å². The van der Waals surface area contributed by atoms with Gasteiger partial charge >= 0.3 is 0 Å². The summed E-state index contributed by atoms with van der Waals surface area (Å²) in [5.74, 6) is -0.714. The van der Waals surface area contributed by atoms with Gasteiger partial charge in [0.1, 0.15) is 0 Å². The first-order chi connectivity index (χ1) is 16.0. The number of rotatable bonds is 7. The van der Waals surface area contributed by atoms with Gasteiger partial charge in [0.15, 0.2) is 11.4 Å². The van der Waals surface area contributed by atoms with Crippen molar-refractivity contribution in [2.24, 2.45) is 0 Å². The van der Waals surface area contributed by atoms with E-state index in [-0.39, 0.29) is 12.2 Å². The third-order valence-corrected chi connectivity index (χ3v) is 6.54. The fourth-order valence-electron chi connectivity index (χ4n) is 4.64. The molecule has 33 heavy (non-hydrogen) atoms. The Balaban J connectivity index is 1.36. The van der Waals surface area contributed by atoms with E-state index < -0.39 is 11.5 Å². The Bertz CT molecular complexity index is 1350. The average molecular weight is 459 g/mol. The van der Waals surface area contributed by atoms with E-state index in [9.17, 15) is 14.7 Å². The summed E-state index contributed by atoms with van der Waals surface area (Å²) in [5.41, 5.74) is 1.91. The van der Waals surface area contributed by atoms with Crippen LogP contribution < -0.4 is 4.90 Å². The number of ketones is 1. The lowest BCUT2D eigenvalue weighted by molar-refractivity contribution is -0.135. The van der Waals surface area contributed by atoms with Gasteiger partial charge in [0.05, 0.1) is 12.1 Å². The van der Waals surface area contributed by atoms with Crippen LogP contribution in [0.15, 0.2) is 79.0 Å². The first kappa shape index (κ1) is 21.4. The molecule has 6 heteroatoms. The predicted octanol–water partition coefficient (Wildman–Crippen LogP) is 5.26. The molecule has 0 fully saturated rings. The van der Waals surface area contributed by atoms with Crippen molar-refractivity contribution in [1.82, 2.24) is 4.98 Å². The maximum Gasteiger partial charge on any atom is 0.264 e. The number of fused-ring (bicyclic) bond motifs is 2. The van der Waals surface area contributed by atoms with Crippen molar-refractivity contribution in [1.29, 1.82) is 0 Å². The zero-order chi connectivity index (χ0) is 23.0. The monoisotopic (exact) mass is 458 g/mol. The zero-order valence-electron chi connectivity index (χ0n) is 17.9. The van der Waals surface area contributed by atoms with E-state index >= 15 is 0 Å². The summed E-state index contributed by atoms with van der Waals surface area (Å²) in [6, 6.07) is 21.7. The van der Waals surface area contributed by atoms with E-state index in [1.807, 2.05) is 42.6 Å². The number of aliphatic hydroxyl groups is 1. The van der Waals surface area contributed by atoms with Crippen molar-refractivity contribution in [3.8, 4) is 0 Å². The maximum atomic E-state index is 13.4. The van der Waals surface area contributed by atoms with Gasteiger partial charge in [-0.3, -0.25) is 9.59 Å². The zero-order valence-corrected chi connectivity index (χ0v) is 18.7. The minimum atomic E-state index is -1.86. The topological polar surface area (TPSA) is 73.4 Å². The number of amides is 1. The van der Waals surface area contributed by atoms with E-state index in [1.165, 1.54) is 0 Å². The number of aromatic amines is 1. The Labute approximate surface area is 196 Å². The molecule has 0 spiro atoms. The molecule has 1 amide bonds. The highest BCUT2D eigenvalue weighted by molar-refractivity contribution is 6.31. The second-order valence-electron chi connectivity index (χ2n) is 8.41. The highest BCUT2D eigenvalue weighted by atomic mass is 35.5. The molecule has 0 bridgehead atoms. The Hall–Kier alpha value is -3.41. The SMILES string of the molecule is O=C(C[C@]1(O)C(=O)N(CCCc2c[nH]c3ccc(Cl)cc23)c2ccccc21)c1ccccc1. The summed E-state index contributed by atoms with van der Waals surface area (Å²) in [4.78, 5) is 31.1. The molecule has 1 aliphatic rings. The van der Waals surface area contributed by atoms with Gasteiger partial charge in [-0.25, -0.2) is 0 Å². The van der Waals surface area contributed by atoms with Gasteiger partial charge < -0.3 is 15.0 Å². The molecule has 0 radical (unpaired) electrons. The molecule has 166 valence electrons. The summed E-state index contributed by atoms with van der Waals surface area (Å²) in [5, 5.41) is 13.2. The Morgan fingerprint density at radius 1 is 1.03 bits per heavy atom. The minimum absolute atomic E-state index is 0.265. The molecular formula is C27H23ClN2O3. The van der Waals surface area contributed by atoms with Gasteiger partial charge in [0.25, 0.3) is 5.91 Å². The number of para-hydroxylation sites is 1. The second kappa shape index (κ2) is 8.50. The van der Waals surface area contributed by atoms with Crippen LogP contribution in [0.1, 0.15) is 34.3 Å². The van der Waals surface area contributed by atoms with E-state index in [1.54, 1.807) is 41.3 Å². The molecule has 2 heterocycles. The number of hydrogen-bond acceptors (Lipinski definition) is 3. The standard InChI is InChI=1S/C27H23ClN2O3/c28-20-12-13-23-21(15-20)19(17-29-23)9-6-14-30-24-11-5-4-10-22(24)27(33,26(30)32)16-25(31)18-7-2-1-3-8-18/h1-5,7-8,10-13,15,17,29,33H,6,9,14,16H2/t27-/m1/s1. The number of anilines is 1. The normalized spacial score (nSPS) is 17.5. The number of nitrogens with one attached hydrogen (secondary N) is 1. The van der Waals surface area contributed by atoms with Gasteiger partial charge in [-0.1, -0.05) is 60.1 Å². The molecule has 0 unspecified atom stereocenters. The van der Waals surface area contributed by atoms with Gasteiger partial charge in [0, 0.05) is 39.8 Å². The van der Waals surface area contributed by atoms with Crippen LogP contribution in [0.25, 0.3) is 10.9 Å². The lowest BCUT2D eigenvalue weighted by Crippen LogP contribution is -2.42. The van der Waals surface area contributed by atoms with Crippen LogP contribution in [-0.4, -0.2) is 28.3 Å². The molecule has 2 N–H and O–H groups in total. The summed E-state index contributed by atoms with van der Waals surface area (Å²) >= 11 is 6.16. The molecule has 4 aromatic rings. The highest BCUT2D eigenvalue weighted by Gasteiger charge is 2.50. The van der Waals surface area contributed by atoms with E-state index in [0.29, 0.717) is 34.8 Å². The predicted molar refractivity (Wildman–Crippen MR) is 130 cm³/mol.